The number of hydrogen-bond donors (Lipinski definition) is 1. The Balaban J connectivity index is 2.22. The van der Waals surface area contributed by atoms with Gasteiger partial charge in [-0.15, -0.1) is 0 Å². The smallest absolute Gasteiger partial charge is 0.266 e. The molecule has 0 fully saturated rings. The number of nitrogens with one attached hydrogen (secondary N) is 1. The van der Waals surface area contributed by atoms with Crippen LogP contribution in [0.2, 0.25) is 5.02 Å². The molecule has 1 amide bonds. The second kappa shape index (κ2) is 6.69. The molecule has 0 saturated carbocycles. The van der Waals surface area contributed by atoms with Gasteiger partial charge in [-0.2, -0.15) is 5.26 Å². The van der Waals surface area contributed by atoms with Crippen molar-refractivity contribution in [3.05, 3.63) is 70.5 Å². The van der Waals surface area contributed by atoms with Gasteiger partial charge in [-0.25, -0.2) is 4.39 Å². The van der Waals surface area contributed by atoms with Gasteiger partial charge in [0.25, 0.3) is 5.91 Å². The third-order valence-corrected chi connectivity index (χ3v) is 3.02. The summed E-state index contributed by atoms with van der Waals surface area (Å²) < 4.78 is 12.8. The zero-order valence-electron chi connectivity index (χ0n) is 10.8. The summed E-state index contributed by atoms with van der Waals surface area (Å²) in [4.78, 5) is 12.0. The number of rotatable bonds is 3. The van der Waals surface area contributed by atoms with Gasteiger partial charge in [-0.1, -0.05) is 29.8 Å². The van der Waals surface area contributed by atoms with Gasteiger partial charge in [0.2, 0.25) is 0 Å². The van der Waals surface area contributed by atoms with E-state index >= 15 is 0 Å². The Labute approximate surface area is 126 Å². The molecule has 2 rings (SSSR count). The van der Waals surface area contributed by atoms with Crippen molar-refractivity contribution in [3.63, 3.8) is 0 Å². The first kappa shape index (κ1) is 14.8. The molecule has 1 N–H and O–H groups in total. The number of halogens is 2. The van der Waals surface area contributed by atoms with E-state index in [1.807, 2.05) is 6.07 Å². The Morgan fingerprint density at radius 2 is 1.86 bits per heavy atom. The molecule has 0 aliphatic heterocycles. The first-order chi connectivity index (χ1) is 10.1. The lowest BCUT2D eigenvalue weighted by Crippen LogP contribution is -2.13. The molecule has 0 heterocycles. The number of amides is 1. The summed E-state index contributed by atoms with van der Waals surface area (Å²) in [6.07, 6.45) is 1.40. The van der Waals surface area contributed by atoms with Crippen molar-refractivity contribution in [1.82, 2.24) is 0 Å². The highest BCUT2D eigenvalue weighted by atomic mass is 35.5. The molecule has 0 saturated heterocycles. The highest BCUT2D eigenvalue weighted by Crippen LogP contribution is 2.19. The van der Waals surface area contributed by atoms with E-state index in [0.717, 1.165) is 0 Å². The Bertz CT molecular complexity index is 733. The van der Waals surface area contributed by atoms with Crippen LogP contribution in [0.4, 0.5) is 10.1 Å². The molecule has 2 aromatic rings. The first-order valence-electron chi connectivity index (χ1n) is 6.03. The van der Waals surface area contributed by atoms with E-state index < -0.39 is 11.7 Å². The van der Waals surface area contributed by atoms with Crippen molar-refractivity contribution in [3.8, 4) is 6.07 Å². The number of anilines is 1. The van der Waals surface area contributed by atoms with E-state index in [9.17, 15) is 9.18 Å². The molecule has 0 aliphatic rings. The van der Waals surface area contributed by atoms with Gasteiger partial charge in [0.05, 0.1) is 0 Å². The van der Waals surface area contributed by atoms with E-state index in [-0.39, 0.29) is 5.57 Å². The molecule has 0 atom stereocenters. The van der Waals surface area contributed by atoms with Gasteiger partial charge in [-0.05, 0) is 42.0 Å². The lowest BCUT2D eigenvalue weighted by Gasteiger charge is -2.04. The van der Waals surface area contributed by atoms with Crippen molar-refractivity contribution in [2.45, 2.75) is 0 Å². The van der Waals surface area contributed by atoms with E-state index in [1.165, 1.54) is 30.3 Å². The summed E-state index contributed by atoms with van der Waals surface area (Å²) >= 11 is 5.98. The maximum absolute atomic E-state index is 12.8. The topological polar surface area (TPSA) is 52.9 Å². The number of hydrogen-bond acceptors (Lipinski definition) is 2. The fraction of sp³-hybridized carbons (Fsp3) is 0. The SMILES string of the molecule is N#C/C(=C\c1ccccc1Cl)C(=O)Nc1ccc(F)cc1. The highest BCUT2D eigenvalue weighted by molar-refractivity contribution is 6.32. The Hall–Kier alpha value is -2.64. The predicted molar refractivity (Wildman–Crippen MR) is 80.1 cm³/mol. The maximum Gasteiger partial charge on any atom is 0.266 e. The maximum atomic E-state index is 12.8. The zero-order chi connectivity index (χ0) is 15.2. The number of carbonyl (C=O) groups is 1. The van der Waals surface area contributed by atoms with Crippen LogP contribution in [0.5, 0.6) is 0 Å². The second-order valence-corrected chi connectivity index (χ2v) is 4.56. The standard InChI is InChI=1S/C16H10ClFN2O/c17-15-4-2-1-3-11(15)9-12(10-19)16(21)20-14-7-5-13(18)6-8-14/h1-9H,(H,20,21)/b12-9+. The monoisotopic (exact) mass is 300 g/mol. The minimum atomic E-state index is -0.580. The summed E-state index contributed by atoms with van der Waals surface area (Å²) in [5.41, 5.74) is 0.888. The van der Waals surface area contributed by atoms with Crippen molar-refractivity contribution < 1.29 is 9.18 Å². The van der Waals surface area contributed by atoms with Crippen LogP contribution in [0.1, 0.15) is 5.56 Å². The van der Waals surface area contributed by atoms with E-state index in [2.05, 4.69) is 5.32 Å². The molecular weight excluding hydrogens is 291 g/mol. The Morgan fingerprint density at radius 1 is 1.19 bits per heavy atom. The molecule has 0 aliphatic carbocycles. The molecule has 0 radical (unpaired) electrons. The Morgan fingerprint density at radius 3 is 2.48 bits per heavy atom. The van der Waals surface area contributed by atoms with Crippen LogP contribution in [-0.4, -0.2) is 5.91 Å². The fourth-order valence-electron chi connectivity index (χ4n) is 1.63. The van der Waals surface area contributed by atoms with Crippen LogP contribution in [0, 0.1) is 17.1 Å². The van der Waals surface area contributed by atoms with E-state index in [4.69, 9.17) is 16.9 Å². The molecule has 3 nitrogen and oxygen atoms in total. The number of benzene rings is 2. The molecule has 104 valence electrons. The molecular formula is C16H10ClFN2O. The van der Waals surface area contributed by atoms with E-state index in [0.29, 0.717) is 16.3 Å². The molecule has 0 bridgehead atoms. The van der Waals surface area contributed by atoms with Crippen molar-refractivity contribution in [2.75, 3.05) is 5.32 Å². The van der Waals surface area contributed by atoms with Gasteiger partial charge >= 0.3 is 0 Å². The van der Waals surface area contributed by atoms with Crippen LogP contribution in [0.15, 0.2) is 54.1 Å². The minimum absolute atomic E-state index is 0.0903. The molecule has 21 heavy (non-hydrogen) atoms. The lowest BCUT2D eigenvalue weighted by atomic mass is 10.1. The average Bonchev–Trinajstić information content (AvgIpc) is 2.48. The second-order valence-electron chi connectivity index (χ2n) is 4.15. The zero-order valence-corrected chi connectivity index (χ0v) is 11.6. The largest absolute Gasteiger partial charge is 0.321 e. The summed E-state index contributed by atoms with van der Waals surface area (Å²) in [5.74, 6) is -0.982. The summed E-state index contributed by atoms with van der Waals surface area (Å²) in [6.45, 7) is 0. The predicted octanol–water partition coefficient (Wildman–Crippen LogP) is 4.02. The van der Waals surface area contributed by atoms with Gasteiger partial charge in [0, 0.05) is 10.7 Å². The number of nitrogens with zero attached hydrogens (tertiary/aromatic N) is 1. The molecule has 0 aromatic heterocycles. The van der Waals surface area contributed by atoms with Crippen LogP contribution < -0.4 is 5.32 Å². The fourth-order valence-corrected chi connectivity index (χ4v) is 1.82. The molecule has 2 aromatic carbocycles. The summed E-state index contributed by atoms with van der Waals surface area (Å²) in [7, 11) is 0. The van der Waals surface area contributed by atoms with Gasteiger partial charge in [-0.3, -0.25) is 4.79 Å². The van der Waals surface area contributed by atoms with E-state index in [1.54, 1.807) is 24.3 Å². The van der Waals surface area contributed by atoms with Crippen molar-refractivity contribution >= 4 is 29.3 Å². The van der Waals surface area contributed by atoms with Gasteiger partial charge in [0.1, 0.15) is 17.5 Å². The van der Waals surface area contributed by atoms with Crippen molar-refractivity contribution in [2.24, 2.45) is 0 Å². The summed E-state index contributed by atoms with van der Waals surface area (Å²) in [6, 6.07) is 14.0. The quantitative estimate of drug-likeness (QED) is 0.687. The van der Waals surface area contributed by atoms with Crippen LogP contribution in [-0.2, 0) is 4.79 Å². The number of nitriles is 1. The third kappa shape index (κ3) is 3.91. The first-order valence-corrected chi connectivity index (χ1v) is 6.41. The lowest BCUT2D eigenvalue weighted by molar-refractivity contribution is -0.112. The molecule has 0 unspecified atom stereocenters. The third-order valence-electron chi connectivity index (χ3n) is 2.67. The normalized spacial score (nSPS) is 10.8. The molecule has 5 heteroatoms. The van der Waals surface area contributed by atoms with Gasteiger partial charge in [0.15, 0.2) is 0 Å². The molecule has 0 spiro atoms. The Kier molecular flexibility index (Phi) is 4.70. The van der Waals surface area contributed by atoms with Crippen LogP contribution >= 0.6 is 11.6 Å². The van der Waals surface area contributed by atoms with Crippen LogP contribution in [0.3, 0.4) is 0 Å². The highest BCUT2D eigenvalue weighted by Gasteiger charge is 2.10. The van der Waals surface area contributed by atoms with Crippen molar-refractivity contribution in [1.29, 1.82) is 5.26 Å². The summed E-state index contributed by atoms with van der Waals surface area (Å²) in [5, 5.41) is 12.1. The average molecular weight is 301 g/mol. The van der Waals surface area contributed by atoms with Gasteiger partial charge < -0.3 is 5.32 Å². The van der Waals surface area contributed by atoms with Crippen LogP contribution in [0.25, 0.3) is 6.08 Å². The number of carbonyl (C=O) groups excluding carboxylic acids is 1. The minimum Gasteiger partial charge on any atom is -0.321 e.